The van der Waals surface area contributed by atoms with Crippen molar-refractivity contribution in [3.05, 3.63) is 0 Å². The average Bonchev–Trinajstić information content (AvgIpc) is 2.16. The van der Waals surface area contributed by atoms with Gasteiger partial charge >= 0.3 is 0 Å². The molecule has 5 heteroatoms. The largest absolute Gasteiger partial charge is 0.329 e. The van der Waals surface area contributed by atoms with Crippen LogP contribution in [0, 0.1) is 0 Å². The van der Waals surface area contributed by atoms with Gasteiger partial charge in [0.25, 0.3) is 0 Å². The normalized spacial score (nSPS) is 9.46. The molecule has 0 atom stereocenters. The Bertz CT molecular complexity index is 186. The predicted molar refractivity (Wildman–Crippen MR) is 46.3 cm³/mol. The third kappa shape index (κ3) is 4.95. The van der Waals surface area contributed by atoms with Gasteiger partial charge in [-0.15, -0.1) is 0 Å². The van der Waals surface area contributed by atoms with Gasteiger partial charge in [0.15, 0.2) is 6.17 Å². The Morgan fingerprint density at radius 1 is 1.15 bits per heavy atom. The predicted octanol–water partition coefficient (Wildman–Crippen LogP) is -0.525. The van der Waals surface area contributed by atoms with E-state index in [9.17, 15) is 14.4 Å². The van der Waals surface area contributed by atoms with Gasteiger partial charge in [-0.05, 0) is 0 Å². The summed E-state index contributed by atoms with van der Waals surface area (Å²) in [6, 6.07) is 0. The van der Waals surface area contributed by atoms with E-state index in [4.69, 9.17) is 0 Å². The zero-order valence-corrected chi connectivity index (χ0v) is 7.72. The van der Waals surface area contributed by atoms with Crippen LogP contribution in [0.2, 0.25) is 0 Å². The number of amides is 2. The molecule has 0 rings (SSSR count). The smallest absolute Gasteiger partial charge is 0.245 e. The van der Waals surface area contributed by atoms with Crippen molar-refractivity contribution in [2.45, 2.75) is 32.9 Å². The van der Waals surface area contributed by atoms with Crippen LogP contribution in [-0.2, 0) is 14.4 Å². The summed E-state index contributed by atoms with van der Waals surface area (Å²) in [5, 5.41) is 4.57. The summed E-state index contributed by atoms with van der Waals surface area (Å²) in [5.41, 5.74) is 0. The number of hydrogen-bond acceptors (Lipinski definition) is 3. The summed E-state index contributed by atoms with van der Waals surface area (Å²) in [6.07, 6.45) is 1.02. The molecule has 0 aromatic carbocycles. The second-order valence-electron chi connectivity index (χ2n) is 2.39. The van der Waals surface area contributed by atoms with E-state index in [0.29, 0.717) is 0 Å². The Balaban J connectivity index is 3.96. The van der Waals surface area contributed by atoms with Crippen molar-refractivity contribution < 1.29 is 14.4 Å². The number of nitrogens with one attached hydrogen (secondary N) is 2. The third-order valence-electron chi connectivity index (χ3n) is 1.37. The SMILES string of the molecule is CCC(=O)NC([C]=O)NC(=O)CC. The molecule has 0 bridgehead atoms. The molecule has 0 spiro atoms. The Kier molecular flexibility index (Phi) is 5.50. The van der Waals surface area contributed by atoms with E-state index in [2.05, 4.69) is 10.6 Å². The molecule has 13 heavy (non-hydrogen) atoms. The van der Waals surface area contributed by atoms with E-state index >= 15 is 0 Å². The average molecular weight is 185 g/mol. The summed E-state index contributed by atoms with van der Waals surface area (Å²) in [5.74, 6) is -0.602. The van der Waals surface area contributed by atoms with Crippen LogP contribution in [0.5, 0.6) is 0 Å². The van der Waals surface area contributed by atoms with Crippen molar-refractivity contribution in [1.82, 2.24) is 10.6 Å². The lowest BCUT2D eigenvalue weighted by atomic mass is 10.4. The molecule has 2 amide bonds. The van der Waals surface area contributed by atoms with Gasteiger partial charge in [0.05, 0.1) is 0 Å². The fourth-order valence-corrected chi connectivity index (χ4v) is 0.621. The Morgan fingerprint density at radius 3 is 1.77 bits per heavy atom. The van der Waals surface area contributed by atoms with Crippen LogP contribution in [0.15, 0.2) is 0 Å². The van der Waals surface area contributed by atoms with Crippen LogP contribution in [0.1, 0.15) is 26.7 Å². The highest BCUT2D eigenvalue weighted by Gasteiger charge is 2.12. The lowest BCUT2D eigenvalue weighted by molar-refractivity contribution is -0.123. The lowest BCUT2D eigenvalue weighted by Crippen LogP contribution is -2.48. The topological polar surface area (TPSA) is 75.3 Å². The molecular formula is C8H13N2O3. The molecule has 5 nitrogen and oxygen atoms in total. The Labute approximate surface area is 76.9 Å². The molecule has 0 saturated carbocycles. The fraction of sp³-hybridized carbons (Fsp3) is 0.625. The monoisotopic (exact) mass is 185 g/mol. The van der Waals surface area contributed by atoms with E-state index in [-0.39, 0.29) is 24.7 Å². The highest BCUT2D eigenvalue weighted by Crippen LogP contribution is 1.81. The van der Waals surface area contributed by atoms with E-state index in [1.165, 1.54) is 6.29 Å². The van der Waals surface area contributed by atoms with Crippen molar-refractivity contribution in [3.8, 4) is 0 Å². The number of carbonyl (C=O) groups excluding carboxylic acids is 3. The van der Waals surface area contributed by atoms with Crippen LogP contribution >= 0.6 is 0 Å². The molecule has 0 aliphatic carbocycles. The van der Waals surface area contributed by atoms with Crippen molar-refractivity contribution in [1.29, 1.82) is 0 Å². The molecule has 0 aliphatic rings. The van der Waals surface area contributed by atoms with E-state index < -0.39 is 6.17 Å². The highest BCUT2D eigenvalue weighted by molar-refractivity contribution is 5.83. The van der Waals surface area contributed by atoms with Gasteiger partial charge in [-0.1, -0.05) is 13.8 Å². The fourth-order valence-electron chi connectivity index (χ4n) is 0.621. The molecule has 0 saturated heterocycles. The molecule has 0 unspecified atom stereocenters. The van der Waals surface area contributed by atoms with Crippen LogP contribution in [0.25, 0.3) is 0 Å². The minimum atomic E-state index is -1.03. The van der Waals surface area contributed by atoms with Crippen LogP contribution < -0.4 is 10.6 Å². The lowest BCUT2D eigenvalue weighted by Gasteiger charge is -2.12. The summed E-state index contributed by atoms with van der Waals surface area (Å²) >= 11 is 0. The van der Waals surface area contributed by atoms with Gasteiger partial charge in [0.1, 0.15) is 0 Å². The maximum absolute atomic E-state index is 10.8. The van der Waals surface area contributed by atoms with Crippen LogP contribution in [0.4, 0.5) is 0 Å². The van der Waals surface area contributed by atoms with Gasteiger partial charge in [-0.25, -0.2) is 0 Å². The van der Waals surface area contributed by atoms with E-state index in [1.54, 1.807) is 13.8 Å². The van der Waals surface area contributed by atoms with Gasteiger partial charge in [0.2, 0.25) is 18.1 Å². The summed E-state index contributed by atoms with van der Waals surface area (Å²) in [6.45, 7) is 3.30. The molecule has 0 fully saturated rings. The zero-order valence-electron chi connectivity index (χ0n) is 7.72. The van der Waals surface area contributed by atoms with Crippen LogP contribution in [-0.4, -0.2) is 24.3 Å². The first kappa shape index (κ1) is 11.6. The van der Waals surface area contributed by atoms with Crippen molar-refractivity contribution in [3.63, 3.8) is 0 Å². The van der Waals surface area contributed by atoms with E-state index in [1.807, 2.05) is 0 Å². The summed E-state index contributed by atoms with van der Waals surface area (Å²) < 4.78 is 0. The van der Waals surface area contributed by atoms with Gasteiger partial charge in [0, 0.05) is 12.8 Å². The quantitative estimate of drug-likeness (QED) is 0.565. The standard InChI is InChI=1S/C8H13N2O3/c1-3-7(12)9-6(5-11)10-8(13)4-2/h6H,3-4H2,1-2H3,(H,9,12)(H,10,13). The minimum absolute atomic E-state index is 0.264. The van der Waals surface area contributed by atoms with Gasteiger partial charge in [-0.2, -0.15) is 0 Å². The number of rotatable bonds is 5. The minimum Gasteiger partial charge on any atom is -0.329 e. The molecule has 0 aromatic rings. The number of carbonyl (C=O) groups is 2. The number of hydrogen-bond donors (Lipinski definition) is 2. The molecule has 0 aliphatic heterocycles. The second-order valence-corrected chi connectivity index (χ2v) is 2.39. The van der Waals surface area contributed by atoms with Crippen molar-refractivity contribution in [2.24, 2.45) is 0 Å². The molecule has 73 valence electrons. The molecular weight excluding hydrogens is 172 g/mol. The Morgan fingerprint density at radius 2 is 1.54 bits per heavy atom. The van der Waals surface area contributed by atoms with Crippen LogP contribution in [0.3, 0.4) is 0 Å². The highest BCUT2D eigenvalue weighted by atomic mass is 16.2. The van der Waals surface area contributed by atoms with E-state index in [0.717, 1.165) is 0 Å². The van der Waals surface area contributed by atoms with Gasteiger partial charge < -0.3 is 10.6 Å². The van der Waals surface area contributed by atoms with Crippen molar-refractivity contribution in [2.75, 3.05) is 0 Å². The first-order valence-electron chi connectivity index (χ1n) is 4.10. The molecule has 1 radical (unpaired) electrons. The molecule has 0 aromatic heterocycles. The first-order chi connectivity index (χ1) is 6.13. The maximum Gasteiger partial charge on any atom is 0.245 e. The third-order valence-corrected chi connectivity index (χ3v) is 1.37. The molecule has 0 heterocycles. The maximum atomic E-state index is 10.8. The van der Waals surface area contributed by atoms with Gasteiger partial charge in [-0.3, -0.25) is 14.4 Å². The molecule has 2 N–H and O–H groups in total. The second kappa shape index (κ2) is 6.16. The Hall–Kier alpha value is -1.39. The zero-order chi connectivity index (χ0) is 10.3. The van der Waals surface area contributed by atoms with Crippen molar-refractivity contribution >= 4 is 18.1 Å². The summed E-state index contributed by atoms with van der Waals surface area (Å²) in [4.78, 5) is 31.9. The summed E-state index contributed by atoms with van der Waals surface area (Å²) in [7, 11) is 0. The first-order valence-corrected chi connectivity index (χ1v) is 4.10.